The summed E-state index contributed by atoms with van der Waals surface area (Å²) in [6, 6.07) is 0. The third-order valence-electron chi connectivity index (χ3n) is 1.59. The van der Waals surface area contributed by atoms with E-state index in [0.29, 0.717) is 0 Å². The molecule has 16 heavy (non-hydrogen) atoms. The van der Waals surface area contributed by atoms with Gasteiger partial charge in [0, 0.05) is 5.57 Å². The molecule has 0 N–H and O–H groups in total. The zero-order valence-electron chi connectivity index (χ0n) is 7.02. The van der Waals surface area contributed by atoms with Gasteiger partial charge in [-0.2, -0.15) is 0 Å². The Labute approximate surface area is 132 Å². The van der Waals surface area contributed by atoms with E-state index in [1.165, 1.54) is 0 Å². The van der Waals surface area contributed by atoms with Gasteiger partial charge in [-0.05, 0) is 0 Å². The molecule has 0 heterocycles. The fourth-order valence-corrected chi connectivity index (χ4v) is 3.00. The summed E-state index contributed by atoms with van der Waals surface area (Å²) in [6.07, 6.45) is 0. The highest BCUT2D eigenvalue weighted by molar-refractivity contribution is 6.61. The first-order valence-corrected chi connectivity index (χ1v) is 6.54. The lowest BCUT2D eigenvalue weighted by atomic mass is 10.2. The van der Waals surface area contributed by atoms with E-state index >= 15 is 0 Å². The van der Waals surface area contributed by atoms with Crippen molar-refractivity contribution in [2.45, 2.75) is 0 Å². The third-order valence-corrected chi connectivity index (χ3v) is 4.72. The van der Waals surface area contributed by atoms with Crippen LogP contribution < -0.4 is 0 Å². The molecule has 0 amide bonds. The second kappa shape index (κ2) is 5.95. The molecule has 0 saturated carbocycles. The van der Waals surface area contributed by atoms with Crippen LogP contribution in [0.3, 0.4) is 0 Å². The molecule has 88 valence electrons. The summed E-state index contributed by atoms with van der Waals surface area (Å²) in [5, 5.41) is -0.162. The van der Waals surface area contributed by atoms with Gasteiger partial charge in [-0.15, -0.1) is 0 Å². The highest BCUT2D eigenvalue weighted by atomic mass is 35.5. The van der Waals surface area contributed by atoms with Gasteiger partial charge in [0.1, 0.15) is 4.49 Å². The molecule has 0 aromatic carbocycles. The van der Waals surface area contributed by atoms with Crippen LogP contribution in [0.4, 0.5) is 0 Å². The first-order chi connectivity index (χ1) is 7.29. The molecule has 0 nitrogen and oxygen atoms in total. The quantitative estimate of drug-likeness (QED) is 0.436. The predicted octanol–water partition coefficient (Wildman–Crippen LogP) is 6.76. The van der Waals surface area contributed by atoms with Crippen molar-refractivity contribution < 1.29 is 0 Å². The van der Waals surface area contributed by atoms with Gasteiger partial charge >= 0.3 is 0 Å². The second-order valence-corrected chi connectivity index (χ2v) is 5.74. The van der Waals surface area contributed by atoms with Crippen molar-refractivity contribution in [3.8, 4) is 0 Å². The highest BCUT2D eigenvalue weighted by Crippen LogP contribution is 2.46. The second-order valence-electron chi connectivity index (χ2n) is 2.52. The Morgan fingerprint density at radius 2 is 0.750 bits per heavy atom. The van der Waals surface area contributed by atoms with Crippen LogP contribution in [-0.2, 0) is 0 Å². The van der Waals surface area contributed by atoms with Gasteiger partial charge in [-0.25, -0.2) is 0 Å². The summed E-state index contributed by atoms with van der Waals surface area (Å²) >= 11 is 46.5. The zero-order chi connectivity index (χ0) is 12.6. The standard InChI is InChI=1S/C8Cl8/c9-2-1(8(15)16)3(10)5(12)7(14)6(13)4(2)11. The average molecular weight is 380 g/mol. The smallest absolute Gasteiger partial charge is 0.0818 e. The Balaban J connectivity index is 3.71. The average Bonchev–Trinajstić information content (AvgIpc) is 2.27. The first kappa shape index (κ1) is 15.3. The van der Waals surface area contributed by atoms with Gasteiger partial charge in [0.15, 0.2) is 0 Å². The Morgan fingerprint density at radius 3 is 1.00 bits per heavy atom. The molecule has 0 saturated heterocycles. The van der Waals surface area contributed by atoms with Crippen LogP contribution in [0.2, 0.25) is 0 Å². The summed E-state index contributed by atoms with van der Waals surface area (Å²) in [5.41, 5.74) is 0.0791. The van der Waals surface area contributed by atoms with Crippen LogP contribution in [0.15, 0.2) is 40.3 Å². The SMILES string of the molecule is ClC(Cl)=C1C(Cl)=C(Cl)C(Cl)=C(Cl)C(Cl)=C1Cl. The molecule has 1 aliphatic rings. The molecule has 0 radical (unpaired) electrons. The fraction of sp³-hybridized carbons (Fsp3) is 0. The maximum Gasteiger partial charge on any atom is 0.117 e. The van der Waals surface area contributed by atoms with Crippen molar-refractivity contribution in [3.63, 3.8) is 0 Å². The predicted molar refractivity (Wildman–Crippen MR) is 74.9 cm³/mol. The fourth-order valence-electron chi connectivity index (χ4n) is 0.867. The van der Waals surface area contributed by atoms with Crippen molar-refractivity contribution in [2.75, 3.05) is 0 Å². The molecule has 0 aromatic rings. The zero-order valence-corrected chi connectivity index (χ0v) is 13.1. The minimum atomic E-state index is -0.192. The maximum absolute atomic E-state index is 5.92. The monoisotopic (exact) mass is 376 g/mol. The van der Waals surface area contributed by atoms with E-state index in [9.17, 15) is 0 Å². The van der Waals surface area contributed by atoms with Crippen molar-refractivity contribution in [2.24, 2.45) is 0 Å². The van der Waals surface area contributed by atoms with E-state index in [4.69, 9.17) is 92.8 Å². The molecule has 0 unspecified atom stereocenters. The lowest BCUT2D eigenvalue weighted by molar-refractivity contribution is 1.60. The summed E-state index contributed by atoms with van der Waals surface area (Å²) in [6.45, 7) is 0. The normalized spacial score (nSPS) is 18.4. The van der Waals surface area contributed by atoms with Crippen molar-refractivity contribution in [1.82, 2.24) is 0 Å². The number of hydrogen-bond acceptors (Lipinski definition) is 0. The first-order valence-electron chi connectivity index (χ1n) is 3.51. The molecule has 1 aliphatic carbocycles. The highest BCUT2D eigenvalue weighted by Gasteiger charge is 2.26. The van der Waals surface area contributed by atoms with E-state index in [0.717, 1.165) is 0 Å². The summed E-state index contributed by atoms with van der Waals surface area (Å²) in [7, 11) is 0. The molecule has 0 spiro atoms. The largest absolute Gasteiger partial charge is 0.117 e. The lowest BCUT2D eigenvalue weighted by Crippen LogP contribution is -1.87. The van der Waals surface area contributed by atoms with Gasteiger partial charge in [-0.3, -0.25) is 0 Å². The van der Waals surface area contributed by atoms with Gasteiger partial charge in [0.05, 0.1) is 30.2 Å². The Morgan fingerprint density at radius 1 is 0.500 bits per heavy atom. The van der Waals surface area contributed by atoms with Crippen LogP contribution in [0.5, 0.6) is 0 Å². The lowest BCUT2D eigenvalue weighted by Gasteiger charge is -2.05. The molecule has 0 aliphatic heterocycles. The molecule has 0 fully saturated rings. The van der Waals surface area contributed by atoms with Crippen LogP contribution in [0.25, 0.3) is 0 Å². The van der Waals surface area contributed by atoms with Crippen LogP contribution in [-0.4, -0.2) is 0 Å². The summed E-state index contributed by atoms with van der Waals surface area (Å²) in [4.78, 5) is 0. The van der Waals surface area contributed by atoms with Gasteiger partial charge in [0.25, 0.3) is 0 Å². The van der Waals surface area contributed by atoms with Crippen LogP contribution in [0.1, 0.15) is 0 Å². The van der Waals surface area contributed by atoms with Crippen LogP contribution in [0, 0.1) is 0 Å². The summed E-state index contributed by atoms with van der Waals surface area (Å²) < 4.78 is -0.192. The Hall–Kier alpha value is 1.28. The maximum atomic E-state index is 5.92. The van der Waals surface area contributed by atoms with Gasteiger partial charge in [0.2, 0.25) is 0 Å². The van der Waals surface area contributed by atoms with Gasteiger partial charge in [-0.1, -0.05) is 92.8 Å². The van der Waals surface area contributed by atoms with E-state index in [1.54, 1.807) is 0 Å². The Bertz CT molecular complexity index is 424. The van der Waals surface area contributed by atoms with E-state index in [1.807, 2.05) is 0 Å². The number of hydrogen-bond donors (Lipinski definition) is 0. The van der Waals surface area contributed by atoms with E-state index in [-0.39, 0.29) is 40.3 Å². The topological polar surface area (TPSA) is 0 Å². The summed E-state index contributed by atoms with van der Waals surface area (Å²) in [5.74, 6) is 0. The van der Waals surface area contributed by atoms with E-state index in [2.05, 4.69) is 0 Å². The molecule has 0 bridgehead atoms. The number of allylic oxidation sites excluding steroid dienone is 7. The molecular weight excluding hydrogens is 380 g/mol. The molecular formula is C8Cl8. The van der Waals surface area contributed by atoms with Gasteiger partial charge < -0.3 is 0 Å². The molecule has 1 rings (SSSR count). The number of rotatable bonds is 0. The molecule has 0 aromatic heterocycles. The van der Waals surface area contributed by atoms with Crippen molar-refractivity contribution in [1.29, 1.82) is 0 Å². The number of halogens is 8. The minimum absolute atomic E-state index is 0.0227. The van der Waals surface area contributed by atoms with Crippen LogP contribution >= 0.6 is 92.8 Å². The van der Waals surface area contributed by atoms with Crippen molar-refractivity contribution in [3.05, 3.63) is 40.3 Å². The van der Waals surface area contributed by atoms with E-state index < -0.39 is 0 Å². The Kier molecular flexibility index (Phi) is 5.70. The molecule has 0 atom stereocenters. The van der Waals surface area contributed by atoms with Crippen molar-refractivity contribution >= 4 is 92.8 Å². The molecule has 8 heteroatoms. The third kappa shape index (κ3) is 2.81. The minimum Gasteiger partial charge on any atom is -0.0818 e.